The van der Waals surface area contributed by atoms with Crippen LogP contribution in [0.1, 0.15) is 5.56 Å². The molecule has 0 radical (unpaired) electrons. The highest BCUT2D eigenvalue weighted by molar-refractivity contribution is 5.95. The molecule has 0 unspecified atom stereocenters. The Morgan fingerprint density at radius 1 is 1.17 bits per heavy atom. The Labute approximate surface area is 161 Å². The highest BCUT2D eigenvalue weighted by Gasteiger charge is 2.43. The van der Waals surface area contributed by atoms with E-state index < -0.39 is 29.7 Å². The van der Waals surface area contributed by atoms with Gasteiger partial charge in [0.1, 0.15) is 0 Å². The van der Waals surface area contributed by atoms with Crippen molar-refractivity contribution in [2.45, 2.75) is 6.29 Å². The summed E-state index contributed by atoms with van der Waals surface area (Å²) in [5.41, 5.74) is 0.125. The first kappa shape index (κ1) is 19.7. The first-order chi connectivity index (χ1) is 13.7. The summed E-state index contributed by atoms with van der Waals surface area (Å²) < 4.78 is 39.2. The van der Waals surface area contributed by atoms with Gasteiger partial charge in [-0.1, -0.05) is 12.1 Å². The Kier molecular flexibility index (Phi) is 5.39. The first-order valence-corrected chi connectivity index (χ1v) is 8.01. The molecular formula is C18H12F2N2O7. The van der Waals surface area contributed by atoms with Crippen LogP contribution in [0.25, 0.3) is 6.08 Å². The number of alkyl halides is 2. The number of nitro benzene ring substituents is 1. The Bertz CT molecular complexity index is 1010. The fourth-order valence-electron chi connectivity index (χ4n) is 2.36. The van der Waals surface area contributed by atoms with Crippen molar-refractivity contribution in [3.05, 3.63) is 64.2 Å². The molecule has 0 aliphatic carbocycles. The lowest BCUT2D eigenvalue weighted by Gasteiger charge is -2.06. The summed E-state index contributed by atoms with van der Waals surface area (Å²) in [6.45, 7) is -0.662. The molecule has 3 rings (SSSR count). The van der Waals surface area contributed by atoms with E-state index in [0.717, 1.165) is 12.1 Å². The minimum absolute atomic E-state index is 0.126. The third kappa shape index (κ3) is 5.03. The molecule has 0 saturated heterocycles. The van der Waals surface area contributed by atoms with Crippen molar-refractivity contribution < 1.29 is 37.5 Å². The van der Waals surface area contributed by atoms with Crippen molar-refractivity contribution in [3.8, 4) is 11.5 Å². The van der Waals surface area contributed by atoms with E-state index in [1.165, 1.54) is 36.4 Å². The number of nitro groups is 1. The maximum atomic E-state index is 13.0. The second kappa shape index (κ2) is 7.92. The lowest BCUT2D eigenvalue weighted by Crippen LogP contribution is -2.25. The molecule has 1 aliphatic rings. The van der Waals surface area contributed by atoms with Crippen LogP contribution >= 0.6 is 0 Å². The summed E-state index contributed by atoms with van der Waals surface area (Å²) in [6.07, 6.45) is -1.64. The lowest BCUT2D eigenvalue weighted by molar-refractivity contribution is -0.385. The molecular weight excluding hydrogens is 394 g/mol. The quantitative estimate of drug-likeness (QED) is 0.339. The van der Waals surface area contributed by atoms with Gasteiger partial charge in [-0.3, -0.25) is 14.9 Å². The van der Waals surface area contributed by atoms with Crippen molar-refractivity contribution in [2.24, 2.45) is 0 Å². The van der Waals surface area contributed by atoms with Crippen LogP contribution in [0.3, 0.4) is 0 Å². The van der Waals surface area contributed by atoms with Crippen LogP contribution in [0.5, 0.6) is 11.5 Å². The molecule has 1 heterocycles. The molecule has 150 valence electrons. The number of para-hydroxylation sites is 1. The first-order valence-electron chi connectivity index (χ1n) is 8.01. The number of fused-ring (bicyclic) bond motifs is 1. The lowest BCUT2D eigenvalue weighted by atomic mass is 10.1. The van der Waals surface area contributed by atoms with Crippen molar-refractivity contribution in [2.75, 3.05) is 11.9 Å². The van der Waals surface area contributed by atoms with Crippen LogP contribution in [0.15, 0.2) is 48.5 Å². The number of carbonyl (C=O) groups excluding carboxylic acids is 2. The average molecular weight is 406 g/mol. The number of benzene rings is 2. The zero-order valence-corrected chi connectivity index (χ0v) is 14.5. The normalized spacial score (nSPS) is 13.9. The molecule has 9 nitrogen and oxygen atoms in total. The predicted octanol–water partition coefficient (Wildman–Crippen LogP) is 3.11. The third-order valence-corrected chi connectivity index (χ3v) is 3.56. The Morgan fingerprint density at radius 3 is 2.66 bits per heavy atom. The SMILES string of the molecule is O=C(COC(=O)C=Cc1ccccc1[N+](=O)[O-])Nc1ccc2c(c1)OC(F)(F)O2. The number of carbonyl (C=O) groups is 2. The van der Waals surface area contributed by atoms with E-state index in [-0.39, 0.29) is 28.4 Å². The summed E-state index contributed by atoms with van der Waals surface area (Å²) in [6, 6.07) is 9.38. The zero-order valence-electron chi connectivity index (χ0n) is 14.5. The van der Waals surface area contributed by atoms with Gasteiger partial charge < -0.3 is 19.5 Å². The number of halogens is 2. The largest absolute Gasteiger partial charge is 0.586 e. The predicted molar refractivity (Wildman–Crippen MR) is 94.4 cm³/mol. The topological polar surface area (TPSA) is 117 Å². The van der Waals surface area contributed by atoms with Gasteiger partial charge in [-0.05, 0) is 24.3 Å². The molecule has 2 aromatic carbocycles. The molecule has 0 bridgehead atoms. The van der Waals surface area contributed by atoms with E-state index >= 15 is 0 Å². The van der Waals surface area contributed by atoms with Crippen molar-refractivity contribution in [3.63, 3.8) is 0 Å². The summed E-state index contributed by atoms with van der Waals surface area (Å²) in [5, 5.41) is 13.2. The fraction of sp³-hybridized carbons (Fsp3) is 0.111. The van der Waals surface area contributed by atoms with Gasteiger partial charge in [-0.25, -0.2) is 4.79 Å². The second-order valence-corrected chi connectivity index (χ2v) is 5.63. The van der Waals surface area contributed by atoms with Crippen molar-refractivity contribution >= 4 is 29.3 Å². The van der Waals surface area contributed by atoms with Crippen molar-refractivity contribution in [1.29, 1.82) is 0 Å². The molecule has 0 fully saturated rings. The number of hydrogen-bond acceptors (Lipinski definition) is 7. The molecule has 0 saturated carbocycles. The summed E-state index contributed by atoms with van der Waals surface area (Å²) in [7, 11) is 0. The Morgan fingerprint density at radius 2 is 1.90 bits per heavy atom. The summed E-state index contributed by atoms with van der Waals surface area (Å²) in [4.78, 5) is 33.8. The van der Waals surface area contributed by atoms with Crippen LogP contribution in [-0.2, 0) is 14.3 Å². The third-order valence-electron chi connectivity index (χ3n) is 3.56. The smallest absolute Gasteiger partial charge is 0.452 e. The van der Waals surface area contributed by atoms with Crippen LogP contribution in [-0.4, -0.2) is 29.7 Å². The highest BCUT2D eigenvalue weighted by Crippen LogP contribution is 2.42. The average Bonchev–Trinajstić information content (AvgIpc) is 2.98. The minimum Gasteiger partial charge on any atom is -0.452 e. The summed E-state index contributed by atoms with van der Waals surface area (Å²) in [5.74, 6) is -2.07. The number of hydrogen-bond donors (Lipinski definition) is 1. The maximum Gasteiger partial charge on any atom is 0.586 e. The molecule has 29 heavy (non-hydrogen) atoms. The molecule has 2 aromatic rings. The fourth-order valence-corrected chi connectivity index (χ4v) is 2.36. The van der Waals surface area contributed by atoms with Crippen LogP contribution in [0.4, 0.5) is 20.2 Å². The molecule has 0 aromatic heterocycles. The molecule has 1 aliphatic heterocycles. The van der Waals surface area contributed by atoms with E-state index in [0.29, 0.717) is 0 Å². The Balaban J connectivity index is 1.53. The number of nitrogens with one attached hydrogen (secondary N) is 1. The van der Waals surface area contributed by atoms with Crippen LogP contribution in [0, 0.1) is 10.1 Å². The van der Waals surface area contributed by atoms with E-state index in [1.54, 1.807) is 6.07 Å². The number of nitrogens with zero attached hydrogens (tertiary/aromatic N) is 1. The van der Waals surface area contributed by atoms with E-state index in [4.69, 9.17) is 4.74 Å². The molecule has 0 atom stereocenters. The standard InChI is InChI=1S/C18H12F2N2O7/c19-18(20)28-14-7-6-12(9-15(14)29-18)21-16(23)10-27-17(24)8-5-11-3-1-2-4-13(11)22(25)26/h1-9H,10H2,(H,21,23). The van der Waals surface area contributed by atoms with Gasteiger partial charge in [0, 0.05) is 23.9 Å². The second-order valence-electron chi connectivity index (χ2n) is 5.63. The minimum atomic E-state index is -3.78. The molecule has 1 amide bonds. The van der Waals surface area contributed by atoms with Crippen LogP contribution < -0.4 is 14.8 Å². The number of ether oxygens (including phenoxy) is 3. The maximum absolute atomic E-state index is 13.0. The van der Waals surface area contributed by atoms with Gasteiger partial charge in [-0.15, -0.1) is 8.78 Å². The van der Waals surface area contributed by atoms with Crippen LogP contribution in [0.2, 0.25) is 0 Å². The zero-order chi connectivity index (χ0) is 21.0. The number of anilines is 1. The Hall–Kier alpha value is -4.02. The number of amides is 1. The molecule has 11 heteroatoms. The van der Waals surface area contributed by atoms with Gasteiger partial charge in [0.25, 0.3) is 11.6 Å². The number of rotatable bonds is 6. The monoisotopic (exact) mass is 406 g/mol. The number of esters is 1. The van der Waals surface area contributed by atoms with E-state index in [2.05, 4.69) is 14.8 Å². The van der Waals surface area contributed by atoms with Crippen molar-refractivity contribution in [1.82, 2.24) is 0 Å². The summed E-state index contributed by atoms with van der Waals surface area (Å²) >= 11 is 0. The van der Waals surface area contributed by atoms with Gasteiger partial charge >= 0.3 is 12.3 Å². The van der Waals surface area contributed by atoms with Gasteiger partial charge in [0.05, 0.1) is 10.5 Å². The van der Waals surface area contributed by atoms with E-state index in [9.17, 15) is 28.5 Å². The van der Waals surface area contributed by atoms with Gasteiger partial charge in [0.2, 0.25) is 0 Å². The van der Waals surface area contributed by atoms with E-state index in [1.807, 2.05) is 0 Å². The van der Waals surface area contributed by atoms with Gasteiger partial charge in [0.15, 0.2) is 18.1 Å². The molecule has 1 N–H and O–H groups in total. The highest BCUT2D eigenvalue weighted by atomic mass is 19.3. The van der Waals surface area contributed by atoms with Gasteiger partial charge in [-0.2, -0.15) is 0 Å². The molecule has 0 spiro atoms.